The topological polar surface area (TPSA) is 90.7 Å². The Morgan fingerprint density at radius 2 is 1.75 bits per heavy atom. The quantitative estimate of drug-likeness (QED) is 0.880. The molecule has 1 amide bonds. The zero-order valence-corrected chi connectivity index (χ0v) is 13.9. The van der Waals surface area contributed by atoms with Gasteiger partial charge in [-0.15, -0.1) is 0 Å². The van der Waals surface area contributed by atoms with E-state index in [-0.39, 0.29) is 28.8 Å². The lowest BCUT2D eigenvalue weighted by Gasteiger charge is -2.26. The van der Waals surface area contributed by atoms with Crippen LogP contribution >= 0.6 is 0 Å². The minimum atomic E-state index is -1.10. The van der Waals surface area contributed by atoms with E-state index in [1.807, 2.05) is 19.1 Å². The number of phenols is 1. The van der Waals surface area contributed by atoms with Crippen molar-refractivity contribution in [2.45, 2.75) is 26.3 Å². The molecule has 24 heavy (non-hydrogen) atoms. The third kappa shape index (κ3) is 3.71. The van der Waals surface area contributed by atoms with Gasteiger partial charge in [0.2, 0.25) is 0 Å². The van der Waals surface area contributed by atoms with Crippen LogP contribution in [0.2, 0.25) is 0 Å². The molecule has 2 N–H and O–H groups in total. The number of carboxylic acid groups (broad SMARTS) is 1. The van der Waals surface area contributed by atoms with Crippen LogP contribution in [0.5, 0.6) is 5.75 Å². The maximum atomic E-state index is 12.7. The Morgan fingerprint density at radius 3 is 2.33 bits per heavy atom. The molecule has 0 spiro atoms. The molecule has 2 aromatic rings. The summed E-state index contributed by atoms with van der Waals surface area (Å²) in [5.41, 5.74) is 1.72. The third-order valence-electron chi connectivity index (χ3n) is 4.13. The summed E-state index contributed by atoms with van der Waals surface area (Å²) in [4.78, 5) is 29.3. The number of rotatable bonds is 5. The van der Waals surface area contributed by atoms with Crippen molar-refractivity contribution in [3.8, 4) is 5.75 Å². The number of carbonyl (C=O) groups is 2. The highest BCUT2D eigenvalue weighted by atomic mass is 16.4. The van der Waals surface area contributed by atoms with Gasteiger partial charge in [0.25, 0.3) is 5.91 Å². The van der Waals surface area contributed by atoms with Crippen LogP contribution in [0.25, 0.3) is 0 Å². The van der Waals surface area contributed by atoms with Crippen LogP contribution in [0.15, 0.2) is 36.7 Å². The third-order valence-corrected chi connectivity index (χ3v) is 4.13. The molecule has 1 aromatic carbocycles. The maximum Gasteiger partial charge on any atom is 0.337 e. The summed E-state index contributed by atoms with van der Waals surface area (Å²) < 4.78 is 0. The van der Waals surface area contributed by atoms with Gasteiger partial charge in [-0.05, 0) is 43.5 Å². The summed E-state index contributed by atoms with van der Waals surface area (Å²) in [5.74, 6) is -1.17. The SMILES string of the molecule is Cc1c(C(=O)O)cncc1C(=O)N(C)C(C)Cc1ccc(O)cc1. The molecule has 6 nitrogen and oxygen atoms in total. The molecular formula is C18H20N2O4. The fourth-order valence-corrected chi connectivity index (χ4v) is 2.46. The van der Waals surface area contributed by atoms with E-state index < -0.39 is 5.97 Å². The lowest BCUT2D eigenvalue weighted by Crippen LogP contribution is -2.37. The van der Waals surface area contributed by atoms with Gasteiger partial charge < -0.3 is 15.1 Å². The van der Waals surface area contributed by atoms with Gasteiger partial charge in [-0.1, -0.05) is 12.1 Å². The van der Waals surface area contributed by atoms with Crippen molar-refractivity contribution in [2.24, 2.45) is 0 Å². The van der Waals surface area contributed by atoms with E-state index >= 15 is 0 Å². The van der Waals surface area contributed by atoms with Crippen molar-refractivity contribution < 1.29 is 19.8 Å². The van der Waals surface area contributed by atoms with Gasteiger partial charge in [-0.3, -0.25) is 9.78 Å². The molecule has 1 atom stereocenters. The van der Waals surface area contributed by atoms with E-state index in [1.54, 1.807) is 31.0 Å². The van der Waals surface area contributed by atoms with Gasteiger partial charge in [0.1, 0.15) is 5.75 Å². The summed E-state index contributed by atoms with van der Waals surface area (Å²) >= 11 is 0. The number of phenolic OH excluding ortho intramolecular Hbond substituents is 1. The van der Waals surface area contributed by atoms with E-state index in [0.717, 1.165) is 5.56 Å². The van der Waals surface area contributed by atoms with Crippen molar-refractivity contribution in [3.05, 3.63) is 58.9 Å². The van der Waals surface area contributed by atoms with Crippen LogP contribution in [-0.2, 0) is 6.42 Å². The fraction of sp³-hybridized carbons (Fsp3) is 0.278. The van der Waals surface area contributed by atoms with Gasteiger partial charge in [0.15, 0.2) is 0 Å². The first kappa shape index (κ1) is 17.5. The zero-order chi connectivity index (χ0) is 17.9. The molecule has 126 valence electrons. The summed E-state index contributed by atoms with van der Waals surface area (Å²) in [6.45, 7) is 3.52. The largest absolute Gasteiger partial charge is 0.508 e. The van der Waals surface area contributed by atoms with Crippen LogP contribution < -0.4 is 0 Å². The van der Waals surface area contributed by atoms with Gasteiger partial charge in [-0.25, -0.2) is 4.79 Å². The standard InChI is InChI=1S/C18H20N2O4/c1-11(8-13-4-6-14(21)7-5-13)20(3)17(22)15-9-19-10-16(12(15)2)18(23)24/h4-7,9-11,21H,8H2,1-3H3,(H,23,24). The van der Waals surface area contributed by atoms with Crippen LogP contribution in [0.1, 0.15) is 38.8 Å². The predicted molar refractivity (Wildman–Crippen MR) is 89.3 cm³/mol. The van der Waals surface area contributed by atoms with Gasteiger partial charge >= 0.3 is 5.97 Å². The smallest absolute Gasteiger partial charge is 0.337 e. The minimum Gasteiger partial charge on any atom is -0.508 e. The highest BCUT2D eigenvalue weighted by Gasteiger charge is 2.22. The second-order valence-corrected chi connectivity index (χ2v) is 5.80. The molecule has 0 saturated heterocycles. The van der Waals surface area contributed by atoms with Crippen molar-refractivity contribution in [3.63, 3.8) is 0 Å². The number of benzene rings is 1. The lowest BCUT2D eigenvalue weighted by atomic mass is 10.0. The zero-order valence-electron chi connectivity index (χ0n) is 13.9. The van der Waals surface area contributed by atoms with E-state index in [9.17, 15) is 14.7 Å². The van der Waals surface area contributed by atoms with Gasteiger partial charge in [0.05, 0.1) is 11.1 Å². The number of hydrogen-bond donors (Lipinski definition) is 2. The van der Waals surface area contributed by atoms with Gasteiger partial charge in [-0.2, -0.15) is 0 Å². The number of aromatic carboxylic acids is 1. The maximum absolute atomic E-state index is 12.7. The molecule has 0 aliphatic rings. The first-order valence-corrected chi connectivity index (χ1v) is 7.54. The molecular weight excluding hydrogens is 308 g/mol. The van der Waals surface area contributed by atoms with E-state index in [0.29, 0.717) is 12.0 Å². The molecule has 0 radical (unpaired) electrons. The first-order chi connectivity index (χ1) is 11.3. The van der Waals surface area contributed by atoms with Crippen molar-refractivity contribution in [1.29, 1.82) is 0 Å². The Balaban J connectivity index is 2.18. The molecule has 0 saturated carbocycles. The fourth-order valence-electron chi connectivity index (χ4n) is 2.46. The number of aromatic nitrogens is 1. The van der Waals surface area contributed by atoms with Crippen LogP contribution in [-0.4, -0.2) is 45.1 Å². The number of nitrogens with zero attached hydrogens (tertiary/aromatic N) is 2. The highest BCUT2D eigenvalue weighted by Crippen LogP contribution is 2.17. The average molecular weight is 328 g/mol. The second kappa shape index (κ2) is 7.12. The summed E-state index contributed by atoms with van der Waals surface area (Å²) in [6.07, 6.45) is 3.26. The minimum absolute atomic E-state index is 0.0282. The average Bonchev–Trinajstić information content (AvgIpc) is 2.55. The summed E-state index contributed by atoms with van der Waals surface area (Å²) in [6, 6.07) is 6.72. The van der Waals surface area contributed by atoms with Crippen molar-refractivity contribution in [1.82, 2.24) is 9.88 Å². The Hall–Kier alpha value is -2.89. The molecule has 0 bridgehead atoms. The molecule has 0 aliphatic heterocycles. The molecule has 1 heterocycles. The number of amides is 1. The second-order valence-electron chi connectivity index (χ2n) is 5.80. The molecule has 0 fully saturated rings. The van der Waals surface area contributed by atoms with E-state index in [2.05, 4.69) is 4.98 Å². The number of aromatic hydroxyl groups is 1. The Kier molecular flexibility index (Phi) is 5.18. The number of carbonyl (C=O) groups excluding carboxylic acids is 1. The number of pyridine rings is 1. The van der Waals surface area contributed by atoms with Crippen LogP contribution in [0.3, 0.4) is 0 Å². The van der Waals surface area contributed by atoms with E-state index in [4.69, 9.17) is 5.11 Å². The monoisotopic (exact) mass is 328 g/mol. The number of hydrogen-bond acceptors (Lipinski definition) is 4. The Bertz CT molecular complexity index is 756. The van der Waals surface area contributed by atoms with Crippen LogP contribution in [0.4, 0.5) is 0 Å². The van der Waals surface area contributed by atoms with Gasteiger partial charge in [0, 0.05) is 25.5 Å². The van der Waals surface area contributed by atoms with E-state index in [1.165, 1.54) is 12.4 Å². The molecule has 0 aliphatic carbocycles. The van der Waals surface area contributed by atoms with Crippen LogP contribution in [0, 0.1) is 6.92 Å². The molecule has 6 heteroatoms. The molecule has 1 aromatic heterocycles. The molecule has 1 unspecified atom stereocenters. The Labute approximate surface area is 140 Å². The summed E-state index contributed by atoms with van der Waals surface area (Å²) in [5, 5.41) is 18.5. The normalized spacial score (nSPS) is 11.8. The van der Waals surface area contributed by atoms with Crippen molar-refractivity contribution >= 4 is 11.9 Å². The molecule has 2 rings (SSSR count). The number of likely N-dealkylation sites (N-methyl/N-ethyl adjacent to an activating group) is 1. The Morgan fingerprint density at radius 1 is 1.17 bits per heavy atom. The first-order valence-electron chi connectivity index (χ1n) is 7.54. The number of carboxylic acids is 1. The predicted octanol–water partition coefficient (Wildman–Crippen LogP) is 2.50. The highest BCUT2D eigenvalue weighted by molar-refractivity contribution is 5.99. The summed E-state index contributed by atoms with van der Waals surface area (Å²) in [7, 11) is 1.68. The van der Waals surface area contributed by atoms with Crippen molar-refractivity contribution in [2.75, 3.05) is 7.05 Å². The lowest BCUT2D eigenvalue weighted by molar-refractivity contribution is 0.0695.